The fraction of sp³-hybridized carbons (Fsp3) is 0.0588. The molecule has 1 heterocycles. The van der Waals surface area contributed by atoms with Crippen molar-refractivity contribution in [3.63, 3.8) is 0 Å². The quantitative estimate of drug-likeness (QED) is 0.704. The molecular formula is C17H13AsFNO3. The summed E-state index contributed by atoms with van der Waals surface area (Å²) in [4.78, 5) is 16.1. The predicted octanol–water partition coefficient (Wildman–Crippen LogP) is 1.47. The number of aromatic nitrogens is 1. The van der Waals surface area contributed by atoms with Gasteiger partial charge in [0.05, 0.1) is 0 Å². The standard InChI is InChI=1S/C17H13AsFNO3/c1-23-13-7-2-10-8-14(17(21)22)16(20-15(10)9-13)18-11-3-5-12(19)6-4-11/h2-9,18H,1H3,(H,21,22). The third-order valence-corrected chi connectivity index (χ3v) is 5.96. The Morgan fingerprint density at radius 2 is 1.91 bits per heavy atom. The summed E-state index contributed by atoms with van der Waals surface area (Å²) in [6, 6.07) is 13.1. The van der Waals surface area contributed by atoms with Crippen molar-refractivity contribution in [2.24, 2.45) is 0 Å². The van der Waals surface area contributed by atoms with Gasteiger partial charge in [0.15, 0.2) is 0 Å². The molecule has 1 N–H and O–H groups in total. The molecule has 1 unspecified atom stereocenters. The summed E-state index contributed by atoms with van der Waals surface area (Å²) in [7, 11) is 1.57. The van der Waals surface area contributed by atoms with Crippen LogP contribution in [0.5, 0.6) is 5.75 Å². The molecule has 0 aliphatic heterocycles. The molecule has 6 heteroatoms. The van der Waals surface area contributed by atoms with Crippen LogP contribution in [0.4, 0.5) is 4.39 Å². The Hall–Kier alpha value is -2.39. The van der Waals surface area contributed by atoms with Crippen LogP contribution in [0.3, 0.4) is 0 Å². The number of methoxy groups -OCH3 is 1. The molecule has 0 saturated carbocycles. The molecule has 0 bridgehead atoms. The molecule has 0 fully saturated rings. The second-order valence-electron chi connectivity index (χ2n) is 4.88. The normalized spacial score (nSPS) is 11.2. The van der Waals surface area contributed by atoms with Crippen molar-refractivity contribution in [2.45, 2.75) is 0 Å². The summed E-state index contributed by atoms with van der Waals surface area (Å²) in [5.74, 6) is -0.646. The minimum absolute atomic E-state index is 0.201. The second kappa shape index (κ2) is 6.39. The van der Waals surface area contributed by atoms with Crippen molar-refractivity contribution in [3.8, 4) is 5.75 Å². The van der Waals surface area contributed by atoms with E-state index in [-0.39, 0.29) is 11.4 Å². The topological polar surface area (TPSA) is 59.4 Å². The van der Waals surface area contributed by atoms with Crippen LogP contribution in [0.25, 0.3) is 10.9 Å². The summed E-state index contributed by atoms with van der Waals surface area (Å²) in [5.41, 5.74) is 0.891. The van der Waals surface area contributed by atoms with Crippen LogP contribution in [-0.2, 0) is 0 Å². The van der Waals surface area contributed by atoms with E-state index in [1.807, 2.05) is 0 Å². The SMILES string of the molecule is COc1ccc2cc(C(=O)O)c([AsH]c3ccc(F)cc3)nc2c1. The van der Waals surface area contributed by atoms with Crippen molar-refractivity contribution in [3.05, 3.63) is 59.9 Å². The van der Waals surface area contributed by atoms with E-state index >= 15 is 0 Å². The van der Waals surface area contributed by atoms with Crippen molar-refractivity contribution >= 4 is 41.5 Å². The van der Waals surface area contributed by atoms with E-state index in [0.717, 1.165) is 9.74 Å². The molecule has 116 valence electrons. The number of ether oxygens (including phenoxy) is 1. The Bertz CT molecular complexity index is 881. The van der Waals surface area contributed by atoms with Crippen LogP contribution in [0.2, 0.25) is 0 Å². The molecule has 0 radical (unpaired) electrons. The number of hydrogen-bond acceptors (Lipinski definition) is 3. The van der Waals surface area contributed by atoms with Gasteiger partial charge in [0, 0.05) is 0 Å². The van der Waals surface area contributed by atoms with Crippen molar-refractivity contribution < 1.29 is 19.0 Å². The number of carboxylic acids is 1. The number of nitrogens with zero attached hydrogens (tertiary/aromatic N) is 1. The maximum atomic E-state index is 13.0. The maximum absolute atomic E-state index is 13.0. The van der Waals surface area contributed by atoms with Crippen LogP contribution < -0.4 is 13.6 Å². The van der Waals surface area contributed by atoms with Crippen LogP contribution in [0, 0.1) is 5.82 Å². The van der Waals surface area contributed by atoms with Crippen molar-refractivity contribution in [2.75, 3.05) is 7.11 Å². The molecule has 0 amide bonds. The minimum atomic E-state index is -1.00. The molecule has 0 spiro atoms. The average molecular weight is 373 g/mol. The number of benzene rings is 2. The molecule has 3 aromatic rings. The number of carbonyl (C=O) groups is 1. The van der Waals surface area contributed by atoms with Gasteiger partial charge in [-0.1, -0.05) is 0 Å². The number of aromatic carboxylic acids is 1. The third-order valence-electron chi connectivity index (χ3n) is 3.36. The summed E-state index contributed by atoms with van der Waals surface area (Å²) < 4.78 is 19.7. The zero-order valence-corrected chi connectivity index (χ0v) is 14.3. The number of halogens is 1. The van der Waals surface area contributed by atoms with Crippen molar-refractivity contribution in [1.82, 2.24) is 4.98 Å². The molecule has 1 atom stereocenters. The summed E-state index contributed by atoms with van der Waals surface area (Å²) in [5, 5.41) is 10.2. The number of fused-ring (bicyclic) bond motifs is 1. The first-order chi connectivity index (χ1) is 11.1. The van der Waals surface area contributed by atoms with E-state index in [9.17, 15) is 14.3 Å². The molecule has 1 aromatic heterocycles. The molecule has 0 aliphatic carbocycles. The third kappa shape index (κ3) is 3.35. The number of carboxylic acid groups (broad SMARTS) is 1. The van der Waals surface area contributed by atoms with Crippen LogP contribution >= 0.6 is 0 Å². The van der Waals surface area contributed by atoms with Gasteiger partial charge in [0.1, 0.15) is 0 Å². The molecular weight excluding hydrogens is 360 g/mol. The first-order valence-electron chi connectivity index (χ1n) is 6.81. The van der Waals surface area contributed by atoms with Crippen LogP contribution in [0.15, 0.2) is 48.5 Å². The van der Waals surface area contributed by atoms with Crippen LogP contribution in [-0.4, -0.2) is 38.9 Å². The molecule has 2 aromatic carbocycles. The fourth-order valence-corrected chi connectivity index (χ4v) is 4.50. The Morgan fingerprint density at radius 1 is 1.17 bits per heavy atom. The molecule has 23 heavy (non-hydrogen) atoms. The molecule has 0 saturated heterocycles. The van der Waals surface area contributed by atoms with E-state index in [4.69, 9.17) is 4.74 Å². The van der Waals surface area contributed by atoms with E-state index < -0.39 is 21.7 Å². The van der Waals surface area contributed by atoms with Gasteiger partial charge in [0.25, 0.3) is 0 Å². The monoisotopic (exact) mass is 373 g/mol. The van der Waals surface area contributed by atoms with E-state index in [1.54, 1.807) is 43.5 Å². The van der Waals surface area contributed by atoms with Gasteiger partial charge < -0.3 is 0 Å². The first-order valence-corrected chi connectivity index (χ1v) is 8.91. The predicted molar refractivity (Wildman–Crippen MR) is 88.1 cm³/mol. The second-order valence-corrected chi connectivity index (χ2v) is 7.61. The summed E-state index contributed by atoms with van der Waals surface area (Å²) in [6.45, 7) is 0. The van der Waals surface area contributed by atoms with Gasteiger partial charge in [0.2, 0.25) is 0 Å². The molecule has 3 rings (SSSR count). The zero-order valence-electron chi connectivity index (χ0n) is 12.2. The van der Waals surface area contributed by atoms with Gasteiger partial charge in [-0.05, 0) is 0 Å². The Kier molecular flexibility index (Phi) is 4.30. The summed E-state index contributed by atoms with van der Waals surface area (Å²) in [6.07, 6.45) is 0. The zero-order chi connectivity index (χ0) is 16.4. The van der Waals surface area contributed by atoms with Crippen molar-refractivity contribution in [1.29, 1.82) is 0 Å². The summed E-state index contributed by atoms with van der Waals surface area (Å²) >= 11 is -0.984. The van der Waals surface area contributed by atoms with Gasteiger partial charge in [-0.3, -0.25) is 0 Å². The van der Waals surface area contributed by atoms with Gasteiger partial charge in [-0.15, -0.1) is 0 Å². The first kappa shape index (κ1) is 15.5. The Labute approximate surface area is 138 Å². The molecule has 4 nitrogen and oxygen atoms in total. The Morgan fingerprint density at radius 3 is 2.57 bits per heavy atom. The average Bonchev–Trinajstić information content (AvgIpc) is 2.55. The molecule has 0 aliphatic rings. The number of hydrogen-bond donors (Lipinski definition) is 1. The fourth-order valence-electron chi connectivity index (χ4n) is 2.20. The van der Waals surface area contributed by atoms with E-state index in [0.29, 0.717) is 15.7 Å². The number of pyridine rings is 1. The van der Waals surface area contributed by atoms with E-state index in [1.165, 1.54) is 12.1 Å². The van der Waals surface area contributed by atoms with Gasteiger partial charge >= 0.3 is 138 Å². The van der Waals surface area contributed by atoms with Crippen LogP contribution in [0.1, 0.15) is 10.4 Å². The number of rotatable bonds is 4. The Balaban J connectivity index is 2.10. The van der Waals surface area contributed by atoms with E-state index in [2.05, 4.69) is 4.98 Å². The van der Waals surface area contributed by atoms with Gasteiger partial charge in [-0.25, -0.2) is 0 Å². The van der Waals surface area contributed by atoms with Gasteiger partial charge in [-0.2, -0.15) is 0 Å².